The van der Waals surface area contributed by atoms with Crippen molar-refractivity contribution in [1.29, 1.82) is 0 Å². The largest absolute Gasteiger partial charge is 0.507 e. The summed E-state index contributed by atoms with van der Waals surface area (Å²) in [6, 6.07) is 13.4. The van der Waals surface area contributed by atoms with E-state index in [1.807, 2.05) is 61.5 Å². The molecule has 0 aromatic heterocycles. The second kappa shape index (κ2) is 5.10. The number of phenols is 1. The summed E-state index contributed by atoms with van der Waals surface area (Å²) in [5.74, 6) is 0.309. The molecule has 0 unspecified atom stereocenters. The third-order valence-electron chi connectivity index (χ3n) is 2.78. The smallest absolute Gasteiger partial charge is 0.128 e. The number of phenolic OH excluding ortho intramolecular Hbond substituents is 1. The summed E-state index contributed by atoms with van der Waals surface area (Å²) in [7, 11) is 3.93. The molecule has 3 N–H and O–H groups in total. The maximum atomic E-state index is 10.3. The predicted octanol–water partition coefficient (Wildman–Crippen LogP) is 2.70. The zero-order chi connectivity index (χ0) is 13.1. The van der Waals surface area contributed by atoms with Crippen molar-refractivity contribution >= 4 is 5.69 Å². The maximum absolute atomic E-state index is 10.3. The van der Waals surface area contributed by atoms with E-state index in [1.165, 1.54) is 0 Å². The quantitative estimate of drug-likeness (QED) is 0.642. The second-order valence-electron chi connectivity index (χ2n) is 4.68. The number of anilines is 1. The minimum absolute atomic E-state index is 0.309. The molecule has 0 aliphatic carbocycles. The highest BCUT2D eigenvalue weighted by atomic mass is 16.3. The van der Waals surface area contributed by atoms with Gasteiger partial charge in [0.25, 0.3) is 0 Å². The molecule has 3 nitrogen and oxygen atoms in total. The first kappa shape index (κ1) is 12.5. The normalized spacial score (nSPS) is 10.8. The van der Waals surface area contributed by atoms with Crippen LogP contribution in [0.5, 0.6) is 5.75 Å². The SMILES string of the molecule is CN(C)Cc1cc(N)cc(-c2ccccc2)c1O. The zero-order valence-electron chi connectivity index (χ0n) is 10.7. The monoisotopic (exact) mass is 242 g/mol. The molecule has 18 heavy (non-hydrogen) atoms. The summed E-state index contributed by atoms with van der Waals surface area (Å²) in [5.41, 5.74) is 9.19. The first-order valence-corrected chi connectivity index (χ1v) is 5.89. The van der Waals surface area contributed by atoms with Gasteiger partial charge in [0, 0.05) is 23.4 Å². The van der Waals surface area contributed by atoms with Crippen LogP contribution in [0, 0.1) is 0 Å². The van der Waals surface area contributed by atoms with E-state index in [4.69, 9.17) is 5.73 Å². The third-order valence-corrected chi connectivity index (χ3v) is 2.78. The molecule has 0 aliphatic heterocycles. The lowest BCUT2D eigenvalue weighted by molar-refractivity contribution is 0.386. The Labute approximate surface area is 107 Å². The van der Waals surface area contributed by atoms with Crippen molar-refractivity contribution in [2.24, 2.45) is 0 Å². The lowest BCUT2D eigenvalue weighted by Crippen LogP contribution is -2.11. The highest BCUT2D eigenvalue weighted by Crippen LogP contribution is 2.34. The van der Waals surface area contributed by atoms with Crippen molar-refractivity contribution in [2.75, 3.05) is 19.8 Å². The molecule has 0 aliphatic rings. The summed E-state index contributed by atoms with van der Waals surface area (Å²) in [6.07, 6.45) is 0. The van der Waals surface area contributed by atoms with Gasteiger partial charge < -0.3 is 15.7 Å². The molecular formula is C15H18N2O. The number of hydrogen-bond acceptors (Lipinski definition) is 3. The Morgan fingerprint density at radius 3 is 2.39 bits per heavy atom. The lowest BCUT2D eigenvalue weighted by Gasteiger charge is -2.15. The van der Waals surface area contributed by atoms with Crippen molar-refractivity contribution in [3.63, 3.8) is 0 Å². The van der Waals surface area contributed by atoms with Gasteiger partial charge in [0.2, 0.25) is 0 Å². The standard InChI is InChI=1S/C15H18N2O/c1-17(2)10-12-8-13(16)9-14(15(12)18)11-6-4-3-5-7-11/h3-9,18H,10,16H2,1-2H3. The Balaban J connectivity index is 2.51. The number of hydrogen-bond donors (Lipinski definition) is 2. The zero-order valence-corrected chi connectivity index (χ0v) is 10.7. The van der Waals surface area contributed by atoms with E-state index >= 15 is 0 Å². The Morgan fingerprint density at radius 1 is 1.11 bits per heavy atom. The average Bonchev–Trinajstić information content (AvgIpc) is 2.34. The second-order valence-corrected chi connectivity index (χ2v) is 4.68. The van der Waals surface area contributed by atoms with Crippen LogP contribution in [-0.4, -0.2) is 24.1 Å². The fraction of sp³-hybridized carbons (Fsp3) is 0.200. The number of rotatable bonds is 3. The molecule has 0 atom stereocenters. The number of nitrogens with zero attached hydrogens (tertiary/aromatic N) is 1. The van der Waals surface area contributed by atoms with Crippen molar-refractivity contribution in [1.82, 2.24) is 4.90 Å². The van der Waals surface area contributed by atoms with Gasteiger partial charge in [-0.3, -0.25) is 0 Å². The molecule has 0 spiro atoms. The summed E-state index contributed by atoms with van der Waals surface area (Å²) in [5, 5.41) is 10.3. The molecule has 0 radical (unpaired) electrons. The summed E-state index contributed by atoms with van der Waals surface area (Å²) >= 11 is 0. The minimum Gasteiger partial charge on any atom is -0.507 e. The van der Waals surface area contributed by atoms with Gasteiger partial charge in [0.05, 0.1) is 0 Å². The average molecular weight is 242 g/mol. The van der Waals surface area contributed by atoms with Crippen molar-refractivity contribution < 1.29 is 5.11 Å². The fourth-order valence-electron chi connectivity index (χ4n) is 2.02. The van der Waals surface area contributed by atoms with Gasteiger partial charge in [-0.15, -0.1) is 0 Å². The molecule has 2 rings (SSSR count). The van der Waals surface area contributed by atoms with Crippen LogP contribution in [0.15, 0.2) is 42.5 Å². The molecule has 0 saturated heterocycles. The molecular weight excluding hydrogens is 224 g/mol. The molecule has 2 aromatic carbocycles. The van der Waals surface area contributed by atoms with Gasteiger partial charge in [-0.1, -0.05) is 30.3 Å². The van der Waals surface area contributed by atoms with Crippen molar-refractivity contribution in [3.8, 4) is 16.9 Å². The van der Waals surface area contributed by atoms with Crippen molar-refractivity contribution in [2.45, 2.75) is 6.54 Å². The van der Waals surface area contributed by atoms with Crippen LogP contribution in [0.25, 0.3) is 11.1 Å². The summed E-state index contributed by atoms with van der Waals surface area (Å²) in [4.78, 5) is 2.00. The lowest BCUT2D eigenvalue weighted by atomic mass is 10.00. The van der Waals surface area contributed by atoms with Crippen LogP contribution in [0.1, 0.15) is 5.56 Å². The molecule has 0 bridgehead atoms. The van der Waals surface area contributed by atoms with Gasteiger partial charge in [0.1, 0.15) is 5.75 Å². The van der Waals surface area contributed by atoms with Gasteiger partial charge in [-0.25, -0.2) is 0 Å². The fourth-order valence-corrected chi connectivity index (χ4v) is 2.02. The molecule has 3 heteroatoms. The van der Waals surface area contributed by atoms with E-state index in [-0.39, 0.29) is 0 Å². The van der Waals surface area contributed by atoms with Gasteiger partial charge in [-0.2, -0.15) is 0 Å². The number of nitrogen functional groups attached to an aromatic ring is 1. The van der Waals surface area contributed by atoms with E-state index in [0.29, 0.717) is 18.0 Å². The summed E-state index contributed by atoms with van der Waals surface area (Å²) < 4.78 is 0. The minimum atomic E-state index is 0.309. The summed E-state index contributed by atoms with van der Waals surface area (Å²) in [6.45, 7) is 0.663. The third kappa shape index (κ3) is 2.63. The molecule has 0 amide bonds. The van der Waals surface area contributed by atoms with Crippen LogP contribution >= 0.6 is 0 Å². The highest BCUT2D eigenvalue weighted by molar-refractivity contribution is 5.75. The Bertz CT molecular complexity index is 536. The predicted molar refractivity (Wildman–Crippen MR) is 75.3 cm³/mol. The van der Waals surface area contributed by atoms with E-state index in [0.717, 1.165) is 16.7 Å². The first-order chi connectivity index (χ1) is 8.58. The molecule has 94 valence electrons. The highest BCUT2D eigenvalue weighted by Gasteiger charge is 2.11. The van der Waals surface area contributed by atoms with Crippen LogP contribution in [0.4, 0.5) is 5.69 Å². The Kier molecular flexibility index (Phi) is 3.53. The van der Waals surface area contributed by atoms with Crippen LogP contribution < -0.4 is 5.73 Å². The number of nitrogens with two attached hydrogens (primary N) is 1. The Hall–Kier alpha value is -2.00. The van der Waals surface area contributed by atoms with Crippen LogP contribution in [0.3, 0.4) is 0 Å². The topological polar surface area (TPSA) is 49.5 Å². The molecule has 0 saturated carbocycles. The van der Waals surface area contributed by atoms with Gasteiger partial charge in [0.15, 0.2) is 0 Å². The molecule has 0 fully saturated rings. The van der Waals surface area contributed by atoms with Crippen molar-refractivity contribution in [3.05, 3.63) is 48.0 Å². The van der Waals surface area contributed by atoms with E-state index in [1.54, 1.807) is 0 Å². The van der Waals surface area contributed by atoms with E-state index < -0.39 is 0 Å². The van der Waals surface area contributed by atoms with E-state index in [2.05, 4.69) is 0 Å². The molecule has 2 aromatic rings. The van der Waals surface area contributed by atoms with Gasteiger partial charge >= 0.3 is 0 Å². The van der Waals surface area contributed by atoms with Crippen LogP contribution in [-0.2, 0) is 6.54 Å². The molecule has 0 heterocycles. The Morgan fingerprint density at radius 2 is 1.78 bits per heavy atom. The van der Waals surface area contributed by atoms with Crippen LogP contribution in [0.2, 0.25) is 0 Å². The van der Waals surface area contributed by atoms with Gasteiger partial charge in [-0.05, 0) is 31.8 Å². The number of benzene rings is 2. The maximum Gasteiger partial charge on any atom is 0.128 e. The number of aromatic hydroxyl groups is 1. The van der Waals surface area contributed by atoms with E-state index in [9.17, 15) is 5.11 Å². The first-order valence-electron chi connectivity index (χ1n) is 5.89.